The van der Waals surface area contributed by atoms with Crippen LogP contribution < -0.4 is 0 Å². The second-order valence-electron chi connectivity index (χ2n) is 2.82. The third-order valence-electron chi connectivity index (χ3n) is 1.76. The molecule has 0 fully saturated rings. The van der Waals surface area contributed by atoms with Gasteiger partial charge in [0.2, 0.25) is 0 Å². The lowest BCUT2D eigenvalue weighted by atomic mass is 10.2. The summed E-state index contributed by atoms with van der Waals surface area (Å²) in [5.41, 5.74) is 2.26. The summed E-state index contributed by atoms with van der Waals surface area (Å²) in [6.45, 7) is 2.06. The second kappa shape index (κ2) is 3.30. The van der Waals surface area contributed by atoms with E-state index in [4.69, 9.17) is 0 Å². The van der Waals surface area contributed by atoms with E-state index in [0.29, 0.717) is 0 Å². The summed E-state index contributed by atoms with van der Waals surface area (Å²) in [6, 6.07) is 8.11. The summed E-state index contributed by atoms with van der Waals surface area (Å²) in [4.78, 5) is 0. The van der Waals surface area contributed by atoms with E-state index >= 15 is 0 Å². The van der Waals surface area contributed by atoms with E-state index < -0.39 is 0 Å². The molecule has 0 saturated carbocycles. The van der Waals surface area contributed by atoms with Crippen LogP contribution in [0.15, 0.2) is 35.1 Å². The molecule has 0 atom stereocenters. The van der Waals surface area contributed by atoms with Gasteiger partial charge < -0.3 is 0 Å². The van der Waals surface area contributed by atoms with E-state index in [0.717, 1.165) is 10.3 Å². The molecule has 2 aromatic rings. The third kappa shape index (κ3) is 1.78. The predicted molar refractivity (Wildman–Crippen MR) is 53.8 cm³/mol. The quantitative estimate of drug-likeness (QED) is 0.763. The first-order valence-electron chi connectivity index (χ1n) is 3.90. The molecule has 0 aliphatic heterocycles. The highest BCUT2D eigenvalue weighted by atomic mass is 79.9. The zero-order chi connectivity index (χ0) is 9.26. The molecular formula is C9H8BrN3. The van der Waals surface area contributed by atoms with Gasteiger partial charge in [-0.3, -0.25) is 0 Å². The third-order valence-corrected chi connectivity index (χ3v) is 2.13. The summed E-state index contributed by atoms with van der Waals surface area (Å²) in [5.74, 6) is 0. The highest BCUT2D eigenvalue weighted by Gasteiger charge is 1.98. The fourth-order valence-corrected chi connectivity index (χ4v) is 1.33. The van der Waals surface area contributed by atoms with Gasteiger partial charge in [0.15, 0.2) is 0 Å². The first-order valence-corrected chi connectivity index (χ1v) is 4.70. The number of rotatable bonds is 1. The number of halogens is 1. The monoisotopic (exact) mass is 237 g/mol. The molecule has 1 aromatic heterocycles. The number of hydrogen-bond donors (Lipinski definition) is 0. The molecule has 1 aromatic carbocycles. The Morgan fingerprint density at radius 2 is 1.92 bits per heavy atom. The van der Waals surface area contributed by atoms with Crippen molar-refractivity contribution >= 4 is 15.9 Å². The Morgan fingerprint density at radius 1 is 1.23 bits per heavy atom. The number of aryl methyl sites for hydroxylation is 1. The smallest absolute Gasteiger partial charge is 0.148 e. The molecule has 0 radical (unpaired) electrons. The van der Waals surface area contributed by atoms with Gasteiger partial charge in [-0.05, 0) is 35.0 Å². The lowest BCUT2D eigenvalue weighted by Gasteiger charge is -1.98. The van der Waals surface area contributed by atoms with E-state index in [1.807, 2.05) is 30.5 Å². The Hall–Kier alpha value is -1.16. The maximum Gasteiger partial charge on any atom is 0.148 e. The number of hydrogen-bond acceptors (Lipinski definition) is 2. The van der Waals surface area contributed by atoms with Crippen LogP contribution in [0, 0.1) is 6.92 Å². The van der Waals surface area contributed by atoms with Gasteiger partial charge in [-0.1, -0.05) is 22.9 Å². The van der Waals surface area contributed by atoms with Crippen molar-refractivity contribution in [2.24, 2.45) is 0 Å². The fourth-order valence-electron chi connectivity index (χ4n) is 1.07. The van der Waals surface area contributed by atoms with E-state index in [1.54, 1.807) is 4.68 Å². The molecule has 0 bridgehead atoms. The Bertz CT molecular complexity index is 405. The molecule has 0 saturated heterocycles. The van der Waals surface area contributed by atoms with Crippen LogP contribution in [0.4, 0.5) is 0 Å². The largest absolute Gasteiger partial charge is 0.220 e. The van der Waals surface area contributed by atoms with Crippen LogP contribution in [0.2, 0.25) is 0 Å². The molecule has 1 heterocycles. The Kier molecular flexibility index (Phi) is 2.14. The molecule has 0 aliphatic rings. The highest BCUT2D eigenvalue weighted by molar-refractivity contribution is 9.10. The highest BCUT2D eigenvalue weighted by Crippen LogP contribution is 2.10. The van der Waals surface area contributed by atoms with E-state index in [2.05, 4.69) is 33.2 Å². The SMILES string of the molecule is Cc1ccc(-n2cc(Br)nn2)cc1. The zero-order valence-electron chi connectivity index (χ0n) is 7.11. The van der Waals surface area contributed by atoms with Crippen LogP contribution in [0.3, 0.4) is 0 Å². The van der Waals surface area contributed by atoms with Crippen molar-refractivity contribution in [3.05, 3.63) is 40.6 Å². The minimum Gasteiger partial charge on any atom is -0.220 e. The van der Waals surface area contributed by atoms with E-state index in [-0.39, 0.29) is 0 Å². The van der Waals surface area contributed by atoms with Crippen LogP contribution in [-0.2, 0) is 0 Å². The predicted octanol–water partition coefficient (Wildman–Crippen LogP) is 2.34. The minimum absolute atomic E-state index is 0.744. The lowest BCUT2D eigenvalue weighted by Crippen LogP contribution is -1.94. The van der Waals surface area contributed by atoms with Crippen LogP contribution in [-0.4, -0.2) is 15.0 Å². The molecule has 0 unspecified atom stereocenters. The van der Waals surface area contributed by atoms with Gasteiger partial charge in [0, 0.05) is 0 Å². The van der Waals surface area contributed by atoms with Crippen molar-refractivity contribution in [1.82, 2.24) is 15.0 Å². The molecule has 0 N–H and O–H groups in total. The summed E-state index contributed by atoms with van der Waals surface area (Å²) in [6.07, 6.45) is 1.82. The molecular weight excluding hydrogens is 230 g/mol. The Morgan fingerprint density at radius 3 is 2.46 bits per heavy atom. The molecule has 0 aliphatic carbocycles. The summed E-state index contributed by atoms with van der Waals surface area (Å²) in [5, 5.41) is 7.78. The Balaban J connectivity index is 2.41. The topological polar surface area (TPSA) is 30.7 Å². The summed E-state index contributed by atoms with van der Waals surface area (Å²) in [7, 11) is 0. The number of nitrogens with zero attached hydrogens (tertiary/aromatic N) is 3. The van der Waals surface area contributed by atoms with Gasteiger partial charge in [0.1, 0.15) is 4.60 Å². The van der Waals surface area contributed by atoms with Gasteiger partial charge in [-0.15, -0.1) is 5.10 Å². The van der Waals surface area contributed by atoms with Gasteiger partial charge in [-0.2, -0.15) is 0 Å². The first kappa shape index (κ1) is 8.44. The molecule has 13 heavy (non-hydrogen) atoms. The second-order valence-corrected chi connectivity index (χ2v) is 3.63. The van der Waals surface area contributed by atoms with Gasteiger partial charge in [-0.25, -0.2) is 4.68 Å². The van der Waals surface area contributed by atoms with Crippen LogP contribution in [0.25, 0.3) is 5.69 Å². The van der Waals surface area contributed by atoms with Crippen molar-refractivity contribution < 1.29 is 0 Å². The van der Waals surface area contributed by atoms with Gasteiger partial charge in [0.25, 0.3) is 0 Å². The average molecular weight is 238 g/mol. The summed E-state index contributed by atoms with van der Waals surface area (Å²) >= 11 is 3.25. The van der Waals surface area contributed by atoms with Gasteiger partial charge in [0.05, 0.1) is 11.9 Å². The van der Waals surface area contributed by atoms with Crippen molar-refractivity contribution in [1.29, 1.82) is 0 Å². The number of aromatic nitrogens is 3. The zero-order valence-corrected chi connectivity index (χ0v) is 8.69. The fraction of sp³-hybridized carbons (Fsp3) is 0.111. The molecule has 4 heteroatoms. The van der Waals surface area contributed by atoms with Crippen LogP contribution in [0.5, 0.6) is 0 Å². The molecule has 3 nitrogen and oxygen atoms in total. The number of benzene rings is 1. The standard InChI is InChI=1S/C9H8BrN3/c1-7-2-4-8(5-3-7)13-6-9(10)11-12-13/h2-6H,1H3. The lowest BCUT2D eigenvalue weighted by molar-refractivity contribution is 0.801. The van der Waals surface area contributed by atoms with Crippen molar-refractivity contribution in [3.8, 4) is 5.69 Å². The van der Waals surface area contributed by atoms with Crippen molar-refractivity contribution in [2.75, 3.05) is 0 Å². The molecule has 66 valence electrons. The normalized spacial score (nSPS) is 10.3. The maximum absolute atomic E-state index is 3.94. The van der Waals surface area contributed by atoms with E-state index in [9.17, 15) is 0 Å². The first-order chi connectivity index (χ1) is 6.25. The molecule has 0 spiro atoms. The van der Waals surface area contributed by atoms with Crippen LogP contribution in [0.1, 0.15) is 5.56 Å². The average Bonchev–Trinajstić information content (AvgIpc) is 2.53. The van der Waals surface area contributed by atoms with Crippen molar-refractivity contribution in [3.63, 3.8) is 0 Å². The molecule has 0 amide bonds. The van der Waals surface area contributed by atoms with Gasteiger partial charge >= 0.3 is 0 Å². The summed E-state index contributed by atoms with van der Waals surface area (Å²) < 4.78 is 2.47. The van der Waals surface area contributed by atoms with Crippen molar-refractivity contribution in [2.45, 2.75) is 6.92 Å². The van der Waals surface area contributed by atoms with Crippen LogP contribution >= 0.6 is 15.9 Å². The Labute approximate surface area is 84.5 Å². The minimum atomic E-state index is 0.744. The van der Waals surface area contributed by atoms with E-state index in [1.165, 1.54) is 5.56 Å². The molecule has 2 rings (SSSR count). The maximum atomic E-state index is 3.94.